The predicted molar refractivity (Wildman–Crippen MR) is 63.6 cm³/mol. The molecule has 6 nitrogen and oxygen atoms in total. The van der Waals surface area contributed by atoms with Gasteiger partial charge < -0.3 is 21.5 Å². The molecule has 0 saturated heterocycles. The van der Waals surface area contributed by atoms with E-state index >= 15 is 0 Å². The molecule has 0 heterocycles. The van der Waals surface area contributed by atoms with Gasteiger partial charge in [-0.15, -0.1) is 0 Å². The van der Waals surface area contributed by atoms with Crippen LogP contribution in [-0.2, 0) is 4.79 Å². The zero-order valence-corrected chi connectivity index (χ0v) is 9.53. The molecule has 6 heteroatoms. The van der Waals surface area contributed by atoms with Gasteiger partial charge in [0, 0.05) is 13.0 Å². The Bertz CT molecular complexity index is 432. The summed E-state index contributed by atoms with van der Waals surface area (Å²) in [6.45, 7) is 0.187. The maximum atomic E-state index is 11.8. The summed E-state index contributed by atoms with van der Waals surface area (Å²) in [6.07, 6.45) is 0.0936. The number of rotatable bonds is 5. The van der Waals surface area contributed by atoms with Crippen LogP contribution >= 0.6 is 0 Å². The molecule has 0 bridgehead atoms. The van der Waals surface area contributed by atoms with E-state index in [4.69, 9.17) is 16.2 Å². The van der Waals surface area contributed by atoms with Crippen LogP contribution in [0.3, 0.4) is 0 Å². The second kappa shape index (κ2) is 5.74. The number of primary amides is 1. The molecule has 0 unspecified atom stereocenters. The summed E-state index contributed by atoms with van der Waals surface area (Å²) in [5.74, 6) is -0.496. The molecule has 0 aliphatic heterocycles. The van der Waals surface area contributed by atoms with Crippen LogP contribution in [0.2, 0.25) is 0 Å². The summed E-state index contributed by atoms with van der Waals surface area (Å²) in [6, 6.07) is 4.88. The lowest BCUT2D eigenvalue weighted by Crippen LogP contribution is -2.28. The Hall–Kier alpha value is -2.24. The topological polar surface area (TPSA) is 107 Å². The molecule has 0 radical (unpaired) electrons. The molecule has 0 fully saturated rings. The highest BCUT2D eigenvalue weighted by Crippen LogP contribution is 2.25. The summed E-state index contributed by atoms with van der Waals surface area (Å²) in [5.41, 5.74) is 11.3. The molecule has 2 amide bonds. The molecule has 0 saturated carbocycles. The first kappa shape index (κ1) is 12.8. The Kier molecular flexibility index (Phi) is 4.33. The molecule has 0 aliphatic carbocycles. The van der Waals surface area contributed by atoms with Crippen LogP contribution in [0.25, 0.3) is 0 Å². The van der Waals surface area contributed by atoms with Crippen molar-refractivity contribution in [3.8, 4) is 5.75 Å². The highest BCUT2D eigenvalue weighted by Gasteiger charge is 2.13. The third-order valence-electron chi connectivity index (χ3n) is 2.15. The fraction of sp³-hybridized carbons (Fsp3) is 0.273. The van der Waals surface area contributed by atoms with Gasteiger partial charge >= 0.3 is 0 Å². The van der Waals surface area contributed by atoms with Gasteiger partial charge in [0.15, 0.2) is 5.75 Å². The first-order valence-electron chi connectivity index (χ1n) is 5.05. The molecule has 17 heavy (non-hydrogen) atoms. The van der Waals surface area contributed by atoms with E-state index in [9.17, 15) is 9.59 Å². The summed E-state index contributed by atoms with van der Waals surface area (Å²) < 4.78 is 5.05. The van der Waals surface area contributed by atoms with Crippen molar-refractivity contribution in [2.24, 2.45) is 5.73 Å². The van der Waals surface area contributed by atoms with Crippen molar-refractivity contribution in [1.82, 2.24) is 5.32 Å². The van der Waals surface area contributed by atoms with Crippen molar-refractivity contribution in [1.29, 1.82) is 0 Å². The molecule has 92 valence electrons. The average molecular weight is 237 g/mol. The lowest BCUT2D eigenvalue weighted by molar-refractivity contribution is -0.117. The number of hydrogen-bond donors (Lipinski definition) is 3. The third kappa shape index (κ3) is 3.37. The number of carbonyl (C=O) groups is 2. The number of hydrogen-bond acceptors (Lipinski definition) is 4. The van der Waals surface area contributed by atoms with Crippen molar-refractivity contribution in [3.63, 3.8) is 0 Å². The van der Waals surface area contributed by atoms with Crippen LogP contribution in [0.4, 0.5) is 5.69 Å². The predicted octanol–water partition coefficient (Wildman–Crippen LogP) is -0.117. The van der Waals surface area contributed by atoms with Gasteiger partial charge in [-0.05, 0) is 12.1 Å². The molecule has 0 spiro atoms. The number of amides is 2. The number of nitrogen functional groups attached to an aromatic ring is 1. The number of methoxy groups -OCH3 is 1. The molecule has 0 aliphatic rings. The van der Waals surface area contributed by atoms with Gasteiger partial charge in [0.2, 0.25) is 5.91 Å². The Morgan fingerprint density at radius 1 is 1.41 bits per heavy atom. The number of para-hydroxylation sites is 1. The quantitative estimate of drug-likeness (QED) is 0.620. The Morgan fingerprint density at radius 3 is 2.71 bits per heavy atom. The van der Waals surface area contributed by atoms with Crippen molar-refractivity contribution < 1.29 is 14.3 Å². The maximum absolute atomic E-state index is 11.8. The van der Waals surface area contributed by atoms with Gasteiger partial charge in [0.25, 0.3) is 5.91 Å². The normalized spacial score (nSPS) is 9.71. The smallest absolute Gasteiger partial charge is 0.255 e. The third-order valence-corrected chi connectivity index (χ3v) is 2.15. The van der Waals surface area contributed by atoms with E-state index in [2.05, 4.69) is 5.32 Å². The number of benzene rings is 1. The van der Waals surface area contributed by atoms with Crippen LogP contribution in [0.5, 0.6) is 5.75 Å². The fourth-order valence-corrected chi connectivity index (χ4v) is 1.36. The van der Waals surface area contributed by atoms with Crippen LogP contribution in [0.1, 0.15) is 16.8 Å². The van der Waals surface area contributed by atoms with E-state index in [-0.39, 0.29) is 18.9 Å². The van der Waals surface area contributed by atoms with E-state index in [1.165, 1.54) is 7.11 Å². The van der Waals surface area contributed by atoms with Crippen LogP contribution < -0.4 is 21.5 Å². The molecular weight excluding hydrogens is 222 g/mol. The van der Waals surface area contributed by atoms with Gasteiger partial charge in [-0.25, -0.2) is 0 Å². The van der Waals surface area contributed by atoms with Gasteiger partial charge in [0.1, 0.15) is 0 Å². The molecule has 0 atom stereocenters. The minimum absolute atomic E-state index is 0.0936. The highest BCUT2D eigenvalue weighted by molar-refractivity contribution is 5.98. The van der Waals surface area contributed by atoms with E-state index < -0.39 is 5.91 Å². The number of ether oxygens (including phenoxy) is 1. The summed E-state index contributed by atoms with van der Waals surface area (Å²) in [7, 11) is 1.44. The zero-order valence-electron chi connectivity index (χ0n) is 9.53. The largest absolute Gasteiger partial charge is 0.494 e. The number of nitrogens with two attached hydrogens (primary N) is 2. The average Bonchev–Trinajstić information content (AvgIpc) is 2.28. The van der Waals surface area contributed by atoms with Crippen molar-refractivity contribution in [3.05, 3.63) is 23.8 Å². The highest BCUT2D eigenvalue weighted by atomic mass is 16.5. The minimum Gasteiger partial charge on any atom is -0.494 e. The molecule has 5 N–H and O–H groups in total. The first-order valence-corrected chi connectivity index (χ1v) is 5.05. The lowest BCUT2D eigenvalue weighted by Gasteiger charge is -2.10. The fourth-order valence-electron chi connectivity index (χ4n) is 1.36. The molecule has 0 aromatic heterocycles. The van der Waals surface area contributed by atoms with Crippen LogP contribution in [0.15, 0.2) is 18.2 Å². The molecule has 1 rings (SSSR count). The van der Waals surface area contributed by atoms with Gasteiger partial charge in [0.05, 0.1) is 18.4 Å². The van der Waals surface area contributed by atoms with Gasteiger partial charge in [-0.1, -0.05) is 6.07 Å². The summed E-state index contributed by atoms with van der Waals surface area (Å²) >= 11 is 0. The summed E-state index contributed by atoms with van der Waals surface area (Å²) in [4.78, 5) is 22.3. The molecular formula is C11H15N3O3. The van der Waals surface area contributed by atoms with E-state index in [1.54, 1.807) is 18.2 Å². The second-order valence-corrected chi connectivity index (χ2v) is 3.40. The molecule has 1 aromatic carbocycles. The van der Waals surface area contributed by atoms with Crippen LogP contribution in [-0.4, -0.2) is 25.5 Å². The van der Waals surface area contributed by atoms with Crippen LogP contribution in [0, 0.1) is 0 Å². The van der Waals surface area contributed by atoms with Gasteiger partial charge in [-0.3, -0.25) is 9.59 Å². The van der Waals surface area contributed by atoms with E-state index in [0.29, 0.717) is 17.0 Å². The number of nitrogens with one attached hydrogen (secondary N) is 1. The zero-order chi connectivity index (χ0) is 12.8. The number of anilines is 1. The van der Waals surface area contributed by atoms with Crippen molar-refractivity contribution in [2.45, 2.75) is 6.42 Å². The second-order valence-electron chi connectivity index (χ2n) is 3.40. The number of carbonyl (C=O) groups excluding carboxylic acids is 2. The Balaban J connectivity index is 2.75. The minimum atomic E-state index is -0.468. The Labute approximate surface area is 98.9 Å². The van der Waals surface area contributed by atoms with E-state index in [0.717, 1.165) is 0 Å². The van der Waals surface area contributed by atoms with Gasteiger partial charge in [-0.2, -0.15) is 0 Å². The molecule has 1 aromatic rings. The Morgan fingerprint density at radius 2 is 2.12 bits per heavy atom. The van der Waals surface area contributed by atoms with Crippen molar-refractivity contribution in [2.75, 3.05) is 19.4 Å². The maximum Gasteiger partial charge on any atom is 0.255 e. The van der Waals surface area contributed by atoms with Crippen molar-refractivity contribution >= 4 is 17.5 Å². The first-order chi connectivity index (χ1) is 8.06. The summed E-state index contributed by atoms with van der Waals surface area (Å²) in [5, 5.41) is 2.56. The standard InChI is InChI=1S/C11H15N3O3/c1-17-10-7(3-2-4-8(10)12)11(16)14-6-5-9(13)15/h2-4H,5-6,12H2,1H3,(H2,13,15)(H,14,16). The van der Waals surface area contributed by atoms with E-state index in [1.807, 2.05) is 0 Å². The lowest BCUT2D eigenvalue weighted by atomic mass is 10.1. The SMILES string of the molecule is COc1c(N)cccc1C(=O)NCCC(N)=O. The monoisotopic (exact) mass is 237 g/mol.